The average Bonchev–Trinajstić information content (AvgIpc) is 2.47. The highest BCUT2D eigenvalue weighted by atomic mass is 35.5. The Morgan fingerprint density at radius 3 is 2.57 bits per heavy atom. The molecule has 0 bridgehead atoms. The van der Waals surface area contributed by atoms with Crippen LogP contribution in [0.2, 0.25) is 0 Å². The summed E-state index contributed by atoms with van der Waals surface area (Å²) < 4.78 is 10.7. The Labute approximate surface area is 140 Å². The number of esters is 2. The molecular weight excluding hydrogens is 316 g/mol. The van der Waals surface area contributed by atoms with Crippen LogP contribution in [0.4, 0.5) is 0 Å². The average molecular weight is 335 g/mol. The van der Waals surface area contributed by atoms with Crippen LogP contribution in [0.5, 0.6) is 5.75 Å². The molecule has 0 heterocycles. The summed E-state index contributed by atoms with van der Waals surface area (Å²) in [5.74, 6) is -1.39. The van der Waals surface area contributed by atoms with Crippen molar-refractivity contribution in [2.24, 2.45) is 11.8 Å². The third-order valence-electron chi connectivity index (χ3n) is 3.22. The van der Waals surface area contributed by atoms with Crippen LogP contribution >= 0.6 is 11.6 Å². The summed E-state index contributed by atoms with van der Waals surface area (Å²) in [7, 11) is 0. The maximum Gasteiger partial charge on any atom is 0.324 e. The molecule has 1 aliphatic rings. The summed E-state index contributed by atoms with van der Waals surface area (Å²) in [6, 6.07) is 8.67. The maximum absolute atomic E-state index is 12.4. The van der Waals surface area contributed by atoms with Crippen LogP contribution in [0.15, 0.2) is 54.6 Å². The standard InChI is InChI=1S/C18H19ClO4/c1-13(2)12-16(20)23-18(19)11-7-6-10-15(18)17(21)22-14-8-4-3-5-9-14/h3-11,13,15H,12H2,1-2H3. The molecule has 122 valence electrons. The van der Waals surface area contributed by atoms with Crippen molar-refractivity contribution in [1.82, 2.24) is 0 Å². The lowest BCUT2D eigenvalue weighted by molar-refractivity contribution is -0.156. The molecule has 1 aliphatic carbocycles. The highest BCUT2D eigenvalue weighted by Gasteiger charge is 2.44. The van der Waals surface area contributed by atoms with E-state index in [0.29, 0.717) is 5.75 Å². The van der Waals surface area contributed by atoms with Crippen molar-refractivity contribution in [2.75, 3.05) is 0 Å². The Morgan fingerprint density at radius 1 is 1.22 bits per heavy atom. The smallest absolute Gasteiger partial charge is 0.324 e. The Kier molecular flexibility index (Phi) is 5.61. The van der Waals surface area contributed by atoms with E-state index < -0.39 is 22.9 Å². The molecule has 5 heteroatoms. The van der Waals surface area contributed by atoms with Crippen molar-refractivity contribution in [2.45, 2.75) is 25.3 Å². The van der Waals surface area contributed by atoms with Crippen molar-refractivity contribution < 1.29 is 19.1 Å². The van der Waals surface area contributed by atoms with E-state index >= 15 is 0 Å². The van der Waals surface area contributed by atoms with Crippen LogP contribution in [0.25, 0.3) is 0 Å². The molecule has 0 amide bonds. The fourth-order valence-electron chi connectivity index (χ4n) is 2.15. The van der Waals surface area contributed by atoms with Gasteiger partial charge in [0.05, 0.1) is 0 Å². The number of alkyl halides is 1. The number of ether oxygens (including phenoxy) is 2. The normalized spacial score (nSPS) is 22.9. The number of carbonyl (C=O) groups is 2. The van der Waals surface area contributed by atoms with Crippen LogP contribution in [0.1, 0.15) is 20.3 Å². The number of halogens is 1. The molecule has 23 heavy (non-hydrogen) atoms. The SMILES string of the molecule is CC(C)CC(=O)OC1(Cl)C=CC=CC1C(=O)Oc1ccccc1. The van der Waals surface area contributed by atoms with E-state index in [1.165, 1.54) is 6.08 Å². The summed E-state index contributed by atoms with van der Waals surface area (Å²) in [4.78, 5) is 24.3. The van der Waals surface area contributed by atoms with Gasteiger partial charge in [-0.3, -0.25) is 9.59 Å². The monoisotopic (exact) mass is 334 g/mol. The van der Waals surface area contributed by atoms with Gasteiger partial charge in [0.25, 0.3) is 0 Å². The number of benzene rings is 1. The lowest BCUT2D eigenvalue weighted by atomic mass is 9.96. The summed E-state index contributed by atoms with van der Waals surface area (Å²) in [5, 5.41) is -1.56. The van der Waals surface area contributed by atoms with E-state index in [2.05, 4.69) is 0 Å². The second kappa shape index (κ2) is 7.47. The van der Waals surface area contributed by atoms with Gasteiger partial charge in [-0.1, -0.05) is 61.9 Å². The van der Waals surface area contributed by atoms with Gasteiger partial charge >= 0.3 is 11.9 Å². The Balaban J connectivity index is 2.11. The first-order valence-electron chi connectivity index (χ1n) is 7.44. The van der Waals surface area contributed by atoms with Gasteiger partial charge in [0.15, 0.2) is 0 Å². The largest absolute Gasteiger partial charge is 0.438 e. The van der Waals surface area contributed by atoms with E-state index in [0.717, 1.165) is 0 Å². The number of allylic oxidation sites excluding steroid dienone is 2. The Hall–Kier alpha value is -2.07. The molecule has 2 unspecified atom stereocenters. The van der Waals surface area contributed by atoms with Gasteiger partial charge < -0.3 is 9.47 Å². The zero-order valence-electron chi connectivity index (χ0n) is 13.1. The molecule has 0 saturated heterocycles. The molecular formula is C18H19ClO4. The topological polar surface area (TPSA) is 52.6 Å². The van der Waals surface area contributed by atoms with Gasteiger partial charge in [-0.25, -0.2) is 0 Å². The van der Waals surface area contributed by atoms with Gasteiger partial charge in [0.2, 0.25) is 5.06 Å². The first-order valence-corrected chi connectivity index (χ1v) is 7.82. The van der Waals surface area contributed by atoms with E-state index in [9.17, 15) is 9.59 Å². The molecule has 0 aromatic heterocycles. The minimum absolute atomic E-state index is 0.139. The molecule has 0 N–H and O–H groups in total. The molecule has 1 aromatic carbocycles. The Bertz CT molecular complexity index is 621. The fourth-order valence-corrected chi connectivity index (χ4v) is 2.47. The van der Waals surface area contributed by atoms with Crippen LogP contribution in [-0.4, -0.2) is 17.0 Å². The number of rotatable bonds is 5. The van der Waals surface area contributed by atoms with Gasteiger partial charge in [0.1, 0.15) is 11.7 Å². The number of hydrogen-bond donors (Lipinski definition) is 0. The number of hydrogen-bond acceptors (Lipinski definition) is 4. The minimum atomic E-state index is -1.56. The predicted octanol–water partition coefficient (Wildman–Crippen LogP) is 3.86. The van der Waals surface area contributed by atoms with Crippen LogP contribution < -0.4 is 4.74 Å². The van der Waals surface area contributed by atoms with Crippen molar-refractivity contribution in [1.29, 1.82) is 0 Å². The molecule has 0 saturated carbocycles. The maximum atomic E-state index is 12.4. The van der Waals surface area contributed by atoms with Gasteiger partial charge in [-0.05, 0) is 24.1 Å². The molecule has 0 fully saturated rings. The highest BCUT2D eigenvalue weighted by molar-refractivity contribution is 6.26. The second-order valence-electron chi connectivity index (χ2n) is 5.73. The minimum Gasteiger partial charge on any atom is -0.438 e. The first-order chi connectivity index (χ1) is 10.9. The van der Waals surface area contributed by atoms with Crippen molar-refractivity contribution >= 4 is 23.5 Å². The van der Waals surface area contributed by atoms with Crippen molar-refractivity contribution in [3.63, 3.8) is 0 Å². The van der Waals surface area contributed by atoms with Crippen LogP contribution in [0.3, 0.4) is 0 Å². The van der Waals surface area contributed by atoms with Gasteiger partial charge in [0, 0.05) is 6.42 Å². The van der Waals surface area contributed by atoms with Crippen molar-refractivity contribution in [3.05, 3.63) is 54.6 Å². The quantitative estimate of drug-likeness (QED) is 0.466. The molecule has 2 atom stereocenters. The second-order valence-corrected chi connectivity index (χ2v) is 6.32. The summed E-state index contributed by atoms with van der Waals surface area (Å²) in [6.45, 7) is 3.81. The fraction of sp³-hybridized carbons (Fsp3) is 0.333. The summed E-state index contributed by atoms with van der Waals surface area (Å²) in [5.41, 5.74) is 0. The molecule has 1 aromatic rings. The first kappa shape index (κ1) is 17.3. The van der Waals surface area contributed by atoms with E-state index in [-0.39, 0.29) is 12.3 Å². The van der Waals surface area contributed by atoms with Crippen LogP contribution in [0, 0.1) is 11.8 Å². The lowest BCUT2D eigenvalue weighted by Crippen LogP contribution is -2.42. The third kappa shape index (κ3) is 4.70. The summed E-state index contributed by atoms with van der Waals surface area (Å²) in [6.07, 6.45) is 6.60. The zero-order valence-corrected chi connectivity index (χ0v) is 13.8. The molecule has 0 spiro atoms. The predicted molar refractivity (Wildman–Crippen MR) is 88.0 cm³/mol. The van der Waals surface area contributed by atoms with E-state index in [4.69, 9.17) is 21.1 Å². The van der Waals surface area contributed by atoms with Crippen molar-refractivity contribution in [3.8, 4) is 5.75 Å². The van der Waals surface area contributed by atoms with Crippen LogP contribution in [-0.2, 0) is 14.3 Å². The lowest BCUT2D eigenvalue weighted by Gasteiger charge is -2.31. The molecule has 0 radical (unpaired) electrons. The summed E-state index contributed by atoms with van der Waals surface area (Å²) >= 11 is 6.40. The third-order valence-corrected chi connectivity index (χ3v) is 3.66. The van der Waals surface area contributed by atoms with E-state index in [1.54, 1.807) is 42.5 Å². The molecule has 4 nitrogen and oxygen atoms in total. The van der Waals surface area contributed by atoms with Gasteiger partial charge in [-0.15, -0.1) is 0 Å². The van der Waals surface area contributed by atoms with E-state index in [1.807, 2.05) is 19.9 Å². The highest BCUT2D eigenvalue weighted by Crippen LogP contribution is 2.34. The number of carbonyl (C=O) groups excluding carboxylic acids is 2. The molecule has 2 rings (SSSR count). The zero-order chi connectivity index (χ0) is 16.9. The van der Waals surface area contributed by atoms with Gasteiger partial charge in [-0.2, -0.15) is 0 Å². The molecule has 0 aliphatic heterocycles. The number of para-hydroxylation sites is 1. The Morgan fingerprint density at radius 2 is 1.91 bits per heavy atom.